The van der Waals surface area contributed by atoms with Gasteiger partial charge in [0.15, 0.2) is 0 Å². The monoisotopic (exact) mass is 303 g/mol. The lowest BCUT2D eigenvalue weighted by Gasteiger charge is -2.40. The second-order valence-electron chi connectivity index (χ2n) is 4.25. The topological polar surface area (TPSA) is 72.9 Å². The highest BCUT2D eigenvalue weighted by atomic mass is 35.5. The van der Waals surface area contributed by atoms with Gasteiger partial charge >= 0.3 is 11.9 Å². The molecule has 0 saturated heterocycles. The molecule has 0 aliphatic carbocycles. The Bertz CT molecular complexity index is 416. The van der Waals surface area contributed by atoms with Crippen LogP contribution in [0, 0.1) is 0 Å². The van der Waals surface area contributed by atoms with Crippen LogP contribution in [0.3, 0.4) is 0 Å². The molecule has 0 aromatic carbocycles. The van der Waals surface area contributed by atoms with Gasteiger partial charge in [-0.2, -0.15) is 0 Å². The summed E-state index contributed by atoms with van der Waals surface area (Å²) in [7, 11) is 0. The quantitative estimate of drug-likeness (QED) is 0.443. The number of hydrogen-bond acceptors (Lipinski definition) is 5. The van der Waals surface area contributed by atoms with E-state index in [1.165, 1.54) is 13.1 Å². The molecule has 1 aliphatic rings. The number of carbonyl (C=O) groups excluding carboxylic acids is 3. The van der Waals surface area contributed by atoms with Crippen molar-refractivity contribution in [2.75, 3.05) is 13.2 Å². The van der Waals surface area contributed by atoms with Crippen LogP contribution >= 0.6 is 11.6 Å². The van der Waals surface area contributed by atoms with Gasteiger partial charge in [-0.1, -0.05) is 6.08 Å². The van der Waals surface area contributed by atoms with Crippen molar-refractivity contribution in [3.63, 3.8) is 0 Å². The van der Waals surface area contributed by atoms with Gasteiger partial charge in [-0.25, -0.2) is 9.59 Å². The van der Waals surface area contributed by atoms with Crippen molar-refractivity contribution in [1.29, 1.82) is 0 Å². The Balaban J connectivity index is 3.32. The maximum Gasteiger partial charge on any atom is 0.344 e. The van der Waals surface area contributed by atoms with E-state index < -0.39 is 28.8 Å². The normalized spacial score (nSPS) is 20.4. The number of halogens is 1. The molecule has 0 aromatic heterocycles. The van der Waals surface area contributed by atoms with Crippen molar-refractivity contribution in [3.05, 3.63) is 12.3 Å². The first kappa shape index (κ1) is 16.5. The Hall–Kier alpha value is -1.56. The van der Waals surface area contributed by atoms with Crippen LogP contribution < -0.4 is 0 Å². The highest BCUT2D eigenvalue weighted by Crippen LogP contribution is 2.32. The van der Waals surface area contributed by atoms with E-state index >= 15 is 0 Å². The van der Waals surface area contributed by atoms with Crippen molar-refractivity contribution in [3.8, 4) is 0 Å². The van der Waals surface area contributed by atoms with Gasteiger partial charge in [0.1, 0.15) is 0 Å². The molecule has 7 heteroatoms. The van der Waals surface area contributed by atoms with Crippen molar-refractivity contribution >= 4 is 29.4 Å². The van der Waals surface area contributed by atoms with E-state index in [9.17, 15) is 14.4 Å². The summed E-state index contributed by atoms with van der Waals surface area (Å²) in [4.78, 5) is 37.4. The highest BCUT2D eigenvalue weighted by Gasteiger charge is 2.56. The summed E-state index contributed by atoms with van der Waals surface area (Å²) in [6, 6.07) is 0. The summed E-state index contributed by atoms with van der Waals surface area (Å²) < 4.78 is 9.91. The fourth-order valence-corrected chi connectivity index (χ4v) is 2.37. The molecule has 1 unspecified atom stereocenters. The molecule has 1 amide bonds. The lowest BCUT2D eigenvalue weighted by atomic mass is 9.88. The summed E-state index contributed by atoms with van der Waals surface area (Å²) in [6.07, 6.45) is 2.79. The van der Waals surface area contributed by atoms with Crippen molar-refractivity contribution < 1.29 is 23.9 Å². The minimum absolute atomic E-state index is 0.0810. The number of rotatable bonds is 4. The summed E-state index contributed by atoms with van der Waals surface area (Å²) >= 11 is 6.02. The van der Waals surface area contributed by atoms with Crippen LogP contribution in [0.1, 0.15) is 27.2 Å². The third-order valence-electron chi connectivity index (χ3n) is 2.91. The predicted octanol–water partition coefficient (Wildman–Crippen LogP) is 1.22. The zero-order chi connectivity index (χ0) is 15.3. The standard InChI is InChI=1S/C13H18ClNO5/c1-4-19-11(17)13(12(18)20-5-2)8-10(14)6-7-15(13)9(3)16/h6-7,10H,4-5,8H2,1-3H3. The van der Waals surface area contributed by atoms with Crippen LogP contribution in [0.4, 0.5) is 0 Å². The molecule has 112 valence electrons. The molecule has 0 aromatic rings. The largest absolute Gasteiger partial charge is 0.464 e. The minimum atomic E-state index is -1.85. The molecule has 1 rings (SSSR count). The Kier molecular flexibility index (Phi) is 5.56. The van der Waals surface area contributed by atoms with Gasteiger partial charge in [-0.3, -0.25) is 9.69 Å². The summed E-state index contributed by atoms with van der Waals surface area (Å²) in [5.74, 6) is -2.13. The lowest BCUT2D eigenvalue weighted by Crippen LogP contribution is -2.63. The molecule has 20 heavy (non-hydrogen) atoms. The first-order valence-corrected chi connectivity index (χ1v) is 6.80. The highest BCUT2D eigenvalue weighted by molar-refractivity contribution is 6.23. The van der Waals surface area contributed by atoms with Gasteiger partial charge in [0, 0.05) is 19.5 Å². The van der Waals surface area contributed by atoms with Gasteiger partial charge in [-0.15, -0.1) is 11.6 Å². The smallest absolute Gasteiger partial charge is 0.344 e. The van der Waals surface area contributed by atoms with Gasteiger partial charge in [0.25, 0.3) is 0 Å². The molecular formula is C13H18ClNO5. The van der Waals surface area contributed by atoms with E-state index in [4.69, 9.17) is 21.1 Å². The molecule has 0 spiro atoms. The van der Waals surface area contributed by atoms with Crippen molar-refractivity contribution in [2.24, 2.45) is 0 Å². The van der Waals surface area contributed by atoms with Gasteiger partial charge in [0.2, 0.25) is 11.4 Å². The number of alkyl halides is 1. The first-order chi connectivity index (χ1) is 9.40. The average Bonchev–Trinajstić information content (AvgIpc) is 2.38. The number of amides is 1. The molecule has 1 aliphatic heterocycles. The van der Waals surface area contributed by atoms with Crippen molar-refractivity contribution in [1.82, 2.24) is 4.90 Å². The predicted molar refractivity (Wildman–Crippen MR) is 71.9 cm³/mol. The number of esters is 2. The number of hydrogen-bond donors (Lipinski definition) is 0. The average molecular weight is 304 g/mol. The summed E-state index contributed by atoms with van der Waals surface area (Å²) in [5, 5.41) is -0.570. The fourth-order valence-electron chi connectivity index (χ4n) is 2.08. The van der Waals surface area contributed by atoms with Crippen LogP contribution in [0.5, 0.6) is 0 Å². The van der Waals surface area contributed by atoms with Gasteiger partial charge < -0.3 is 9.47 Å². The molecule has 0 bridgehead atoms. The Morgan fingerprint density at radius 1 is 1.25 bits per heavy atom. The first-order valence-electron chi connectivity index (χ1n) is 6.36. The Labute approximate surface area is 122 Å². The van der Waals surface area contributed by atoms with Crippen LogP contribution in [0.2, 0.25) is 0 Å². The molecule has 1 atom stereocenters. The van der Waals surface area contributed by atoms with Crippen LogP contribution in [0.25, 0.3) is 0 Å². The van der Waals surface area contributed by atoms with E-state index in [1.807, 2.05) is 0 Å². The number of ether oxygens (including phenoxy) is 2. The summed E-state index contributed by atoms with van der Waals surface area (Å²) in [5.41, 5.74) is -1.85. The number of carbonyl (C=O) groups is 3. The molecule has 0 N–H and O–H groups in total. The molecule has 6 nitrogen and oxygen atoms in total. The second-order valence-corrected chi connectivity index (χ2v) is 4.81. The molecule has 0 fully saturated rings. The SMILES string of the molecule is CCOC(=O)C1(C(=O)OCC)CC(Cl)C=CN1C(C)=O. The van der Waals surface area contributed by atoms with Crippen LogP contribution in [-0.2, 0) is 23.9 Å². The van der Waals surface area contributed by atoms with Crippen LogP contribution in [0.15, 0.2) is 12.3 Å². The Morgan fingerprint density at radius 3 is 2.15 bits per heavy atom. The Morgan fingerprint density at radius 2 is 1.75 bits per heavy atom. The summed E-state index contributed by atoms with van der Waals surface area (Å²) in [6.45, 7) is 4.66. The zero-order valence-electron chi connectivity index (χ0n) is 11.7. The molecule has 1 heterocycles. The fraction of sp³-hybridized carbons (Fsp3) is 0.615. The minimum Gasteiger partial charge on any atom is -0.464 e. The molecule has 0 saturated carbocycles. The van der Waals surface area contributed by atoms with Crippen LogP contribution in [-0.4, -0.2) is 46.9 Å². The zero-order valence-corrected chi connectivity index (χ0v) is 12.5. The maximum absolute atomic E-state index is 12.3. The van der Waals surface area contributed by atoms with E-state index in [0.717, 1.165) is 4.90 Å². The lowest BCUT2D eigenvalue weighted by molar-refractivity contribution is -0.177. The second kappa shape index (κ2) is 6.74. The maximum atomic E-state index is 12.3. The van der Waals surface area contributed by atoms with E-state index in [-0.39, 0.29) is 19.6 Å². The van der Waals surface area contributed by atoms with E-state index in [0.29, 0.717) is 0 Å². The molecular weight excluding hydrogens is 286 g/mol. The third kappa shape index (κ3) is 2.95. The molecule has 0 radical (unpaired) electrons. The van der Waals surface area contributed by atoms with E-state index in [1.54, 1.807) is 19.9 Å². The van der Waals surface area contributed by atoms with Gasteiger partial charge in [0.05, 0.1) is 18.6 Å². The van der Waals surface area contributed by atoms with Crippen molar-refractivity contribution in [2.45, 2.75) is 38.1 Å². The van der Waals surface area contributed by atoms with E-state index in [2.05, 4.69) is 0 Å². The number of allylic oxidation sites excluding steroid dienone is 1. The number of nitrogens with zero attached hydrogens (tertiary/aromatic N) is 1. The third-order valence-corrected chi connectivity index (χ3v) is 3.21. The van der Waals surface area contributed by atoms with Gasteiger partial charge in [-0.05, 0) is 13.8 Å².